The fourth-order valence-electron chi connectivity index (χ4n) is 5.64. The number of benzene rings is 2. The van der Waals surface area contributed by atoms with E-state index in [9.17, 15) is 18.4 Å². The van der Waals surface area contributed by atoms with E-state index in [1.165, 1.54) is 24.3 Å². The number of ketones is 2. The number of morpholine rings is 2. The number of halogens is 4. The van der Waals surface area contributed by atoms with Crippen LogP contribution in [0.4, 0.5) is 8.78 Å². The van der Waals surface area contributed by atoms with Gasteiger partial charge >= 0.3 is 0 Å². The molecule has 0 amide bonds. The van der Waals surface area contributed by atoms with Crippen molar-refractivity contribution in [1.82, 2.24) is 9.80 Å². The number of hydrogen-bond donors (Lipinski definition) is 0. The molecule has 2 unspecified atom stereocenters. The van der Waals surface area contributed by atoms with Crippen LogP contribution < -0.4 is 0 Å². The van der Waals surface area contributed by atoms with E-state index in [1.54, 1.807) is 24.3 Å². The molecule has 234 valence electrons. The molecule has 42 heavy (non-hydrogen) atoms. The predicted octanol–water partition coefficient (Wildman–Crippen LogP) is 6.11. The summed E-state index contributed by atoms with van der Waals surface area (Å²) < 4.78 is 37.8. The third-order valence-corrected chi connectivity index (χ3v) is 8.02. The van der Waals surface area contributed by atoms with Crippen molar-refractivity contribution in [3.63, 3.8) is 0 Å². The number of unbranched alkanes of at least 4 members (excludes halogenated alkanes) is 3. The van der Waals surface area contributed by atoms with Gasteiger partial charge in [0.25, 0.3) is 0 Å². The summed E-state index contributed by atoms with van der Waals surface area (Å²) in [5.74, 6) is -0.823. The van der Waals surface area contributed by atoms with Crippen molar-refractivity contribution < 1.29 is 27.8 Å². The lowest BCUT2D eigenvalue weighted by molar-refractivity contribution is 0.0291. The van der Waals surface area contributed by atoms with Crippen LogP contribution in [0.25, 0.3) is 0 Å². The zero-order valence-electron chi connectivity index (χ0n) is 24.2. The van der Waals surface area contributed by atoms with E-state index >= 15 is 0 Å². The molecule has 6 nitrogen and oxygen atoms in total. The van der Waals surface area contributed by atoms with Gasteiger partial charge in [-0.15, -0.1) is 24.8 Å². The van der Waals surface area contributed by atoms with E-state index in [1.807, 2.05) is 0 Å². The Balaban J connectivity index is 0.00000308. The number of carbonyl (C=O) groups excluding carboxylic acids is 2. The molecule has 0 spiro atoms. The van der Waals surface area contributed by atoms with Crippen LogP contribution in [0.15, 0.2) is 48.5 Å². The molecule has 2 aliphatic heterocycles. The number of nitrogens with zero attached hydrogens (tertiary/aromatic N) is 2. The monoisotopic (exact) mass is 628 g/mol. The number of carbonyl (C=O) groups is 2. The molecule has 2 atom stereocenters. The van der Waals surface area contributed by atoms with Gasteiger partial charge in [0.2, 0.25) is 0 Å². The Bertz CT molecular complexity index is 978. The Morgan fingerprint density at radius 1 is 0.595 bits per heavy atom. The number of Topliss-reactive ketones (excluding diaryl/α,β-unsaturated/α-hetero) is 2. The fourth-order valence-corrected chi connectivity index (χ4v) is 5.64. The first-order chi connectivity index (χ1) is 19.5. The molecular formula is C32H44Cl2F2N2O4. The van der Waals surface area contributed by atoms with E-state index in [-0.39, 0.29) is 59.9 Å². The van der Waals surface area contributed by atoms with Crippen LogP contribution in [0, 0.1) is 23.5 Å². The minimum absolute atomic E-state index is 0. The van der Waals surface area contributed by atoms with Crippen molar-refractivity contribution in [1.29, 1.82) is 0 Å². The van der Waals surface area contributed by atoms with Gasteiger partial charge in [-0.1, -0.05) is 25.7 Å². The summed E-state index contributed by atoms with van der Waals surface area (Å²) in [6.45, 7) is 7.37. The molecule has 2 aliphatic rings. The molecule has 0 aliphatic carbocycles. The third-order valence-electron chi connectivity index (χ3n) is 8.02. The molecule has 0 N–H and O–H groups in total. The van der Waals surface area contributed by atoms with Gasteiger partial charge < -0.3 is 9.47 Å². The van der Waals surface area contributed by atoms with Crippen LogP contribution in [-0.2, 0) is 9.47 Å². The second kappa shape index (κ2) is 19.4. The van der Waals surface area contributed by atoms with Gasteiger partial charge in [0.05, 0.1) is 26.4 Å². The Morgan fingerprint density at radius 2 is 0.929 bits per heavy atom. The van der Waals surface area contributed by atoms with E-state index in [4.69, 9.17) is 9.47 Å². The summed E-state index contributed by atoms with van der Waals surface area (Å²) >= 11 is 0. The minimum atomic E-state index is -0.342. The molecule has 0 saturated carbocycles. The quantitative estimate of drug-likeness (QED) is 0.175. The van der Waals surface area contributed by atoms with Crippen molar-refractivity contribution in [3.8, 4) is 0 Å². The van der Waals surface area contributed by atoms with Crippen molar-refractivity contribution in [2.45, 2.75) is 38.5 Å². The van der Waals surface area contributed by atoms with Gasteiger partial charge in [0.1, 0.15) is 11.6 Å². The van der Waals surface area contributed by atoms with Crippen molar-refractivity contribution in [3.05, 3.63) is 71.3 Å². The highest BCUT2D eigenvalue weighted by atomic mass is 35.5. The maximum atomic E-state index is 13.4. The van der Waals surface area contributed by atoms with Crippen LogP contribution in [0.1, 0.15) is 59.2 Å². The van der Waals surface area contributed by atoms with Crippen LogP contribution in [0.3, 0.4) is 0 Å². The highest BCUT2D eigenvalue weighted by Crippen LogP contribution is 2.22. The molecule has 2 saturated heterocycles. The molecule has 2 aromatic rings. The van der Waals surface area contributed by atoms with Gasteiger partial charge in [0.15, 0.2) is 11.6 Å². The highest BCUT2D eigenvalue weighted by molar-refractivity contribution is 5.98. The van der Waals surface area contributed by atoms with Gasteiger partial charge in [-0.2, -0.15) is 0 Å². The summed E-state index contributed by atoms with van der Waals surface area (Å²) in [4.78, 5) is 31.2. The van der Waals surface area contributed by atoms with Gasteiger partial charge in [0, 0.05) is 62.2 Å². The van der Waals surface area contributed by atoms with Gasteiger partial charge in [-0.3, -0.25) is 19.4 Å². The fraction of sp³-hybridized carbons (Fsp3) is 0.562. The SMILES string of the molecule is Cl.Cl.O=C(c1ccc(F)cc1)C(CCCCCCC(CN1CCOCC1)C(=O)c1ccc(F)cc1)CN1CCOCC1. The zero-order chi connectivity index (χ0) is 28.2. The Hall–Kier alpha value is -1.94. The lowest BCUT2D eigenvalue weighted by atomic mass is 9.89. The second-order valence-corrected chi connectivity index (χ2v) is 11.0. The molecule has 0 bridgehead atoms. The number of hydrogen-bond acceptors (Lipinski definition) is 6. The van der Waals surface area contributed by atoms with E-state index in [0.29, 0.717) is 50.6 Å². The predicted molar refractivity (Wildman–Crippen MR) is 165 cm³/mol. The van der Waals surface area contributed by atoms with Crippen LogP contribution in [0.5, 0.6) is 0 Å². The molecule has 0 aromatic heterocycles. The highest BCUT2D eigenvalue weighted by Gasteiger charge is 2.25. The zero-order valence-corrected chi connectivity index (χ0v) is 25.8. The minimum Gasteiger partial charge on any atom is -0.379 e. The standard InChI is InChI=1S/C32H42F2N2O4.2ClH/c33-29-11-7-25(8-12-29)31(37)27(23-35-15-19-39-20-16-35)5-3-1-2-4-6-28(24-36-17-21-40-22-18-36)32(38)26-9-13-30(34)14-10-26;;/h7-14,27-28H,1-6,15-24H2;2*1H. The van der Waals surface area contributed by atoms with Gasteiger partial charge in [-0.05, 0) is 61.4 Å². The van der Waals surface area contributed by atoms with E-state index in [0.717, 1.165) is 64.7 Å². The maximum absolute atomic E-state index is 13.4. The summed E-state index contributed by atoms with van der Waals surface area (Å²) in [7, 11) is 0. The van der Waals surface area contributed by atoms with Crippen LogP contribution >= 0.6 is 24.8 Å². The third kappa shape index (κ3) is 11.6. The lowest BCUT2D eigenvalue weighted by Crippen LogP contribution is -2.41. The van der Waals surface area contributed by atoms with Crippen molar-refractivity contribution in [2.75, 3.05) is 65.7 Å². The Labute approximate surface area is 260 Å². The summed E-state index contributed by atoms with van der Waals surface area (Å²) in [5, 5.41) is 0. The summed E-state index contributed by atoms with van der Waals surface area (Å²) in [5.41, 5.74) is 1.12. The summed E-state index contributed by atoms with van der Waals surface area (Å²) in [6, 6.07) is 11.7. The van der Waals surface area contributed by atoms with Crippen LogP contribution in [-0.4, -0.2) is 87.1 Å². The molecule has 2 fully saturated rings. The van der Waals surface area contributed by atoms with E-state index in [2.05, 4.69) is 9.80 Å². The summed E-state index contributed by atoms with van der Waals surface area (Å²) in [6.07, 6.45) is 5.35. The first-order valence-electron chi connectivity index (χ1n) is 14.7. The molecular weight excluding hydrogens is 585 g/mol. The first kappa shape index (κ1) is 36.3. The largest absolute Gasteiger partial charge is 0.379 e. The molecule has 2 aromatic carbocycles. The Kier molecular flexibility index (Phi) is 16.7. The number of ether oxygens (including phenoxy) is 2. The molecule has 4 rings (SSSR count). The first-order valence-corrected chi connectivity index (χ1v) is 14.7. The smallest absolute Gasteiger partial charge is 0.167 e. The Morgan fingerprint density at radius 3 is 1.26 bits per heavy atom. The lowest BCUT2D eigenvalue weighted by Gasteiger charge is -2.30. The average molecular weight is 630 g/mol. The van der Waals surface area contributed by atoms with Gasteiger partial charge in [-0.25, -0.2) is 8.78 Å². The molecule has 0 radical (unpaired) electrons. The van der Waals surface area contributed by atoms with Crippen molar-refractivity contribution >= 4 is 36.4 Å². The maximum Gasteiger partial charge on any atom is 0.167 e. The topological polar surface area (TPSA) is 59.1 Å². The average Bonchev–Trinajstić information content (AvgIpc) is 2.99. The molecule has 10 heteroatoms. The van der Waals surface area contributed by atoms with Crippen molar-refractivity contribution in [2.24, 2.45) is 11.8 Å². The number of rotatable bonds is 15. The van der Waals surface area contributed by atoms with Crippen LogP contribution in [0.2, 0.25) is 0 Å². The second-order valence-electron chi connectivity index (χ2n) is 11.0. The normalized spacial score (nSPS) is 17.5. The molecule has 2 heterocycles. The van der Waals surface area contributed by atoms with E-state index < -0.39 is 0 Å².